The highest BCUT2D eigenvalue weighted by Crippen LogP contribution is 2.24. The number of carbonyl (C=O) groups is 1. The van der Waals surface area contributed by atoms with Gasteiger partial charge < -0.3 is 19.3 Å². The minimum Gasteiger partial charge on any atom is -0.496 e. The number of amides is 1. The number of nitrogens with zero attached hydrogens (tertiary/aromatic N) is 2. The van der Waals surface area contributed by atoms with Gasteiger partial charge in [0.1, 0.15) is 5.75 Å². The molecule has 0 saturated carbocycles. The van der Waals surface area contributed by atoms with Crippen LogP contribution in [0, 0.1) is 0 Å². The van der Waals surface area contributed by atoms with Gasteiger partial charge in [-0.1, -0.05) is 24.6 Å². The topological polar surface area (TPSA) is 42.0 Å². The van der Waals surface area contributed by atoms with Gasteiger partial charge in [0.05, 0.1) is 13.7 Å². The van der Waals surface area contributed by atoms with Crippen LogP contribution in [-0.2, 0) is 11.3 Å². The molecule has 1 aliphatic heterocycles. The number of rotatable bonds is 7. The summed E-state index contributed by atoms with van der Waals surface area (Å²) in [6.45, 7) is 6.13. The lowest BCUT2D eigenvalue weighted by Crippen LogP contribution is -2.48. The molecule has 0 unspecified atom stereocenters. The van der Waals surface area contributed by atoms with E-state index in [1.807, 2.05) is 41.3 Å². The van der Waals surface area contributed by atoms with E-state index in [4.69, 9.17) is 21.1 Å². The maximum Gasteiger partial charge on any atom is 0.253 e. The van der Waals surface area contributed by atoms with Gasteiger partial charge in [0, 0.05) is 54.6 Å². The van der Waals surface area contributed by atoms with Gasteiger partial charge in [-0.3, -0.25) is 4.79 Å². The Morgan fingerprint density at radius 1 is 1.11 bits per heavy atom. The fourth-order valence-corrected chi connectivity index (χ4v) is 3.56. The molecular weight excluding hydrogens is 376 g/mol. The Morgan fingerprint density at radius 2 is 1.89 bits per heavy atom. The first kappa shape index (κ1) is 20.5. The lowest BCUT2D eigenvalue weighted by molar-refractivity contribution is 0.0746. The SMILES string of the molecule is CCCOCc1cc(C(=O)N2CCN(c3cccc(Cl)c3)CC2)ccc1OC. The van der Waals surface area contributed by atoms with E-state index in [1.54, 1.807) is 7.11 Å². The molecule has 1 saturated heterocycles. The molecule has 28 heavy (non-hydrogen) atoms. The summed E-state index contributed by atoms with van der Waals surface area (Å²) >= 11 is 6.10. The summed E-state index contributed by atoms with van der Waals surface area (Å²) in [5.41, 5.74) is 2.67. The number of hydrogen-bond donors (Lipinski definition) is 0. The zero-order chi connectivity index (χ0) is 19.9. The van der Waals surface area contributed by atoms with Gasteiger partial charge in [0.2, 0.25) is 0 Å². The molecule has 0 aliphatic carbocycles. The van der Waals surface area contributed by atoms with Crippen molar-refractivity contribution in [3.63, 3.8) is 0 Å². The third-order valence-electron chi connectivity index (χ3n) is 4.87. The molecule has 2 aromatic rings. The van der Waals surface area contributed by atoms with E-state index in [-0.39, 0.29) is 5.91 Å². The highest BCUT2D eigenvalue weighted by atomic mass is 35.5. The molecule has 0 spiro atoms. The van der Waals surface area contributed by atoms with Crippen LogP contribution in [0.25, 0.3) is 0 Å². The first-order chi connectivity index (χ1) is 13.6. The Kier molecular flexibility index (Phi) is 7.18. The van der Waals surface area contributed by atoms with Crippen molar-refractivity contribution >= 4 is 23.2 Å². The van der Waals surface area contributed by atoms with Gasteiger partial charge in [0.15, 0.2) is 0 Å². The molecule has 0 N–H and O–H groups in total. The van der Waals surface area contributed by atoms with Crippen molar-refractivity contribution in [3.8, 4) is 5.75 Å². The van der Waals surface area contributed by atoms with Crippen molar-refractivity contribution in [1.29, 1.82) is 0 Å². The monoisotopic (exact) mass is 402 g/mol. The number of halogens is 1. The zero-order valence-electron chi connectivity index (χ0n) is 16.5. The number of benzene rings is 2. The van der Waals surface area contributed by atoms with E-state index < -0.39 is 0 Å². The third kappa shape index (κ3) is 4.97. The van der Waals surface area contributed by atoms with Crippen LogP contribution >= 0.6 is 11.6 Å². The molecular formula is C22H27ClN2O3. The first-order valence-electron chi connectivity index (χ1n) is 9.67. The van der Waals surface area contributed by atoms with Crippen LogP contribution in [0.1, 0.15) is 29.3 Å². The molecule has 0 aromatic heterocycles. The second-order valence-corrected chi connectivity index (χ2v) is 7.27. The standard InChI is InChI=1S/C22H27ClN2O3/c1-3-13-28-16-18-14-17(7-8-21(18)27-2)22(26)25-11-9-24(10-12-25)20-6-4-5-19(23)15-20/h4-8,14-15H,3,9-13,16H2,1-2H3. The number of ether oxygens (including phenoxy) is 2. The zero-order valence-corrected chi connectivity index (χ0v) is 17.2. The molecule has 3 rings (SSSR count). The van der Waals surface area contributed by atoms with Crippen LogP contribution in [0.2, 0.25) is 5.02 Å². The molecule has 0 bridgehead atoms. The maximum absolute atomic E-state index is 13.0. The van der Waals surface area contributed by atoms with Crippen LogP contribution < -0.4 is 9.64 Å². The van der Waals surface area contributed by atoms with Gasteiger partial charge in [-0.2, -0.15) is 0 Å². The van der Waals surface area contributed by atoms with Crippen LogP contribution in [0.3, 0.4) is 0 Å². The second kappa shape index (κ2) is 9.80. The van der Waals surface area contributed by atoms with E-state index in [2.05, 4.69) is 17.9 Å². The summed E-state index contributed by atoms with van der Waals surface area (Å²) in [7, 11) is 1.63. The highest BCUT2D eigenvalue weighted by Gasteiger charge is 2.23. The molecule has 1 amide bonds. The van der Waals surface area contributed by atoms with Crippen LogP contribution in [-0.4, -0.2) is 50.7 Å². The van der Waals surface area contributed by atoms with E-state index in [9.17, 15) is 4.79 Å². The number of hydrogen-bond acceptors (Lipinski definition) is 4. The quantitative estimate of drug-likeness (QED) is 0.650. The second-order valence-electron chi connectivity index (χ2n) is 6.84. The van der Waals surface area contributed by atoms with Crippen LogP contribution in [0.5, 0.6) is 5.75 Å². The molecule has 1 aliphatic rings. The average Bonchev–Trinajstić information content (AvgIpc) is 2.73. The fraction of sp³-hybridized carbons (Fsp3) is 0.409. The van der Waals surface area contributed by atoms with Crippen molar-refractivity contribution in [1.82, 2.24) is 4.90 Å². The predicted octanol–water partition coefficient (Wildman–Crippen LogP) is 4.24. The lowest BCUT2D eigenvalue weighted by atomic mass is 10.1. The smallest absolute Gasteiger partial charge is 0.253 e. The molecule has 1 heterocycles. The number of piperazine rings is 1. The van der Waals surface area contributed by atoms with Crippen molar-refractivity contribution in [2.45, 2.75) is 20.0 Å². The summed E-state index contributed by atoms with van der Waals surface area (Å²) in [4.78, 5) is 17.1. The van der Waals surface area contributed by atoms with Crippen molar-refractivity contribution < 1.29 is 14.3 Å². The van der Waals surface area contributed by atoms with Gasteiger partial charge in [0.25, 0.3) is 5.91 Å². The molecule has 6 heteroatoms. The Bertz CT molecular complexity index is 804. The van der Waals surface area contributed by atoms with Gasteiger partial charge in [-0.25, -0.2) is 0 Å². The van der Waals surface area contributed by atoms with Gasteiger partial charge >= 0.3 is 0 Å². The summed E-state index contributed by atoms with van der Waals surface area (Å²) in [6.07, 6.45) is 0.956. The Morgan fingerprint density at radius 3 is 2.57 bits per heavy atom. The molecule has 150 valence electrons. The normalized spacial score (nSPS) is 14.2. The number of carbonyl (C=O) groups excluding carboxylic acids is 1. The van der Waals surface area contributed by atoms with E-state index in [1.165, 1.54) is 0 Å². The summed E-state index contributed by atoms with van der Waals surface area (Å²) < 4.78 is 11.0. The minimum absolute atomic E-state index is 0.0464. The largest absolute Gasteiger partial charge is 0.496 e. The maximum atomic E-state index is 13.0. The summed E-state index contributed by atoms with van der Waals surface area (Å²) in [6, 6.07) is 13.4. The van der Waals surface area contributed by atoms with E-state index in [0.29, 0.717) is 31.9 Å². The third-order valence-corrected chi connectivity index (χ3v) is 5.11. The average molecular weight is 403 g/mol. The Balaban J connectivity index is 1.65. The van der Waals surface area contributed by atoms with Crippen LogP contribution in [0.4, 0.5) is 5.69 Å². The predicted molar refractivity (Wildman–Crippen MR) is 113 cm³/mol. The van der Waals surface area contributed by atoms with Crippen LogP contribution in [0.15, 0.2) is 42.5 Å². The van der Waals surface area contributed by atoms with E-state index in [0.717, 1.165) is 41.5 Å². The van der Waals surface area contributed by atoms with Gasteiger partial charge in [-0.15, -0.1) is 0 Å². The van der Waals surface area contributed by atoms with Gasteiger partial charge in [-0.05, 0) is 42.8 Å². The lowest BCUT2D eigenvalue weighted by Gasteiger charge is -2.36. The Labute approximate surface area is 171 Å². The van der Waals surface area contributed by atoms with E-state index >= 15 is 0 Å². The summed E-state index contributed by atoms with van der Waals surface area (Å²) in [5, 5.41) is 0.729. The fourth-order valence-electron chi connectivity index (χ4n) is 3.37. The number of anilines is 1. The highest BCUT2D eigenvalue weighted by molar-refractivity contribution is 6.30. The van der Waals surface area contributed by atoms with Crippen molar-refractivity contribution in [2.75, 3.05) is 44.8 Å². The number of methoxy groups -OCH3 is 1. The van der Waals surface area contributed by atoms with Crippen molar-refractivity contribution in [3.05, 3.63) is 58.6 Å². The molecule has 2 aromatic carbocycles. The molecule has 0 atom stereocenters. The van der Waals surface area contributed by atoms with Crippen molar-refractivity contribution in [2.24, 2.45) is 0 Å². The summed E-state index contributed by atoms with van der Waals surface area (Å²) in [5.74, 6) is 0.795. The molecule has 0 radical (unpaired) electrons. The minimum atomic E-state index is 0.0464. The molecule has 5 nitrogen and oxygen atoms in total. The first-order valence-corrected chi connectivity index (χ1v) is 10.0. The molecule has 1 fully saturated rings. The Hall–Kier alpha value is -2.24.